The number of hydrogen-bond donors (Lipinski definition) is 1. The fourth-order valence-corrected chi connectivity index (χ4v) is 3.17. The quantitative estimate of drug-likeness (QED) is 0.888. The van der Waals surface area contributed by atoms with E-state index in [9.17, 15) is 14.7 Å². The van der Waals surface area contributed by atoms with E-state index in [4.69, 9.17) is 0 Å². The van der Waals surface area contributed by atoms with Crippen molar-refractivity contribution in [2.45, 2.75) is 33.0 Å². The molecule has 7 heteroatoms. The molecule has 1 unspecified atom stereocenters. The standard InChI is InChI=1S/C19H24N4O3/c1-3-23-12-17(14(2)20-23)19(26)22-11-16(24)10-21(18(25)13-22)9-15-7-5-4-6-8-15/h4-8,12,16,24H,3,9-11,13H2,1-2H3. The first-order valence-corrected chi connectivity index (χ1v) is 8.81. The molecule has 0 aliphatic carbocycles. The molecule has 1 fully saturated rings. The number of rotatable bonds is 4. The summed E-state index contributed by atoms with van der Waals surface area (Å²) in [6.45, 7) is 5.11. The molecule has 0 spiro atoms. The van der Waals surface area contributed by atoms with Crippen molar-refractivity contribution in [1.29, 1.82) is 0 Å². The van der Waals surface area contributed by atoms with Gasteiger partial charge in [-0.2, -0.15) is 5.10 Å². The average Bonchev–Trinajstić information content (AvgIpc) is 2.94. The van der Waals surface area contributed by atoms with Gasteiger partial charge in [-0.3, -0.25) is 14.3 Å². The normalized spacial score (nSPS) is 18.1. The van der Waals surface area contributed by atoms with E-state index >= 15 is 0 Å². The SMILES string of the molecule is CCn1cc(C(=O)N2CC(=O)N(Cc3ccccc3)CC(O)C2)c(C)n1. The fraction of sp³-hybridized carbons (Fsp3) is 0.421. The van der Waals surface area contributed by atoms with Crippen molar-refractivity contribution in [2.24, 2.45) is 0 Å². The number of carbonyl (C=O) groups excluding carboxylic acids is 2. The summed E-state index contributed by atoms with van der Waals surface area (Å²) in [5.41, 5.74) is 2.10. The van der Waals surface area contributed by atoms with Crippen molar-refractivity contribution in [2.75, 3.05) is 19.6 Å². The van der Waals surface area contributed by atoms with Gasteiger partial charge in [-0.05, 0) is 19.4 Å². The molecule has 0 bridgehead atoms. The minimum atomic E-state index is -0.782. The number of aliphatic hydroxyl groups is 1. The number of β-amino-alcohol motifs (C(OH)–C–C–N with tert-alkyl or cyclic N) is 1. The summed E-state index contributed by atoms with van der Waals surface area (Å²) >= 11 is 0. The van der Waals surface area contributed by atoms with Crippen molar-refractivity contribution in [1.82, 2.24) is 19.6 Å². The van der Waals surface area contributed by atoms with Crippen molar-refractivity contribution in [3.05, 3.63) is 53.3 Å². The van der Waals surface area contributed by atoms with Crippen LogP contribution < -0.4 is 0 Å². The Hall–Kier alpha value is -2.67. The second kappa shape index (κ2) is 7.70. The first-order valence-electron chi connectivity index (χ1n) is 8.81. The minimum absolute atomic E-state index is 0.0422. The number of hydrogen-bond acceptors (Lipinski definition) is 4. The summed E-state index contributed by atoms with van der Waals surface area (Å²) in [6.07, 6.45) is 0.914. The van der Waals surface area contributed by atoms with E-state index in [-0.39, 0.29) is 31.4 Å². The van der Waals surface area contributed by atoms with Crippen molar-refractivity contribution >= 4 is 11.8 Å². The first-order chi connectivity index (χ1) is 12.5. The number of amides is 2. The van der Waals surface area contributed by atoms with Crippen LogP contribution in [0.2, 0.25) is 0 Å². The maximum atomic E-state index is 12.8. The predicted octanol–water partition coefficient (Wildman–Crippen LogP) is 1.06. The molecule has 2 aromatic rings. The third-order valence-electron chi connectivity index (χ3n) is 4.55. The molecular formula is C19H24N4O3. The van der Waals surface area contributed by atoms with Gasteiger partial charge in [0.25, 0.3) is 5.91 Å². The molecule has 2 amide bonds. The summed E-state index contributed by atoms with van der Waals surface area (Å²) in [4.78, 5) is 28.5. The Labute approximate surface area is 152 Å². The molecule has 1 aliphatic heterocycles. The Morgan fingerprint density at radius 3 is 2.65 bits per heavy atom. The van der Waals surface area contributed by atoms with Gasteiger partial charge < -0.3 is 14.9 Å². The van der Waals surface area contributed by atoms with E-state index in [0.717, 1.165) is 5.56 Å². The van der Waals surface area contributed by atoms with Crippen LogP contribution in [0.3, 0.4) is 0 Å². The molecule has 1 aromatic carbocycles. The zero-order valence-electron chi connectivity index (χ0n) is 15.1. The van der Waals surface area contributed by atoms with Gasteiger partial charge in [0.05, 0.1) is 17.4 Å². The molecule has 7 nitrogen and oxygen atoms in total. The van der Waals surface area contributed by atoms with Crippen LogP contribution in [0.5, 0.6) is 0 Å². The summed E-state index contributed by atoms with van der Waals surface area (Å²) in [5, 5.41) is 14.6. The lowest BCUT2D eigenvalue weighted by Crippen LogP contribution is -2.39. The van der Waals surface area contributed by atoms with Crippen LogP contribution in [-0.4, -0.2) is 62.2 Å². The monoisotopic (exact) mass is 356 g/mol. The Bertz CT molecular complexity index is 787. The molecule has 1 N–H and O–H groups in total. The van der Waals surface area contributed by atoms with Crippen LogP contribution in [-0.2, 0) is 17.9 Å². The van der Waals surface area contributed by atoms with Crippen LogP contribution in [0, 0.1) is 6.92 Å². The Morgan fingerprint density at radius 2 is 2.00 bits per heavy atom. The van der Waals surface area contributed by atoms with Gasteiger partial charge in [-0.25, -0.2) is 0 Å². The molecular weight excluding hydrogens is 332 g/mol. The second-order valence-corrected chi connectivity index (χ2v) is 6.58. The maximum absolute atomic E-state index is 12.8. The molecule has 26 heavy (non-hydrogen) atoms. The van der Waals surface area contributed by atoms with Gasteiger partial charge in [0.2, 0.25) is 5.91 Å². The lowest BCUT2D eigenvalue weighted by Gasteiger charge is -2.21. The lowest BCUT2D eigenvalue weighted by atomic mass is 10.2. The topological polar surface area (TPSA) is 78.7 Å². The minimum Gasteiger partial charge on any atom is -0.389 e. The zero-order chi connectivity index (χ0) is 18.7. The van der Waals surface area contributed by atoms with Crippen LogP contribution in [0.15, 0.2) is 36.5 Å². The number of aliphatic hydroxyl groups excluding tert-OH is 1. The molecule has 0 radical (unpaired) electrons. The third kappa shape index (κ3) is 3.94. The molecule has 1 aromatic heterocycles. The molecule has 1 aliphatic rings. The van der Waals surface area contributed by atoms with E-state index < -0.39 is 6.10 Å². The summed E-state index contributed by atoms with van der Waals surface area (Å²) in [5.74, 6) is -0.435. The average molecular weight is 356 g/mol. The highest BCUT2D eigenvalue weighted by Crippen LogP contribution is 2.15. The van der Waals surface area contributed by atoms with E-state index in [0.29, 0.717) is 24.3 Å². The first kappa shape index (κ1) is 18.1. The molecule has 2 heterocycles. The van der Waals surface area contributed by atoms with Crippen LogP contribution in [0.1, 0.15) is 28.5 Å². The number of benzene rings is 1. The van der Waals surface area contributed by atoms with E-state index in [1.54, 1.807) is 22.7 Å². The third-order valence-corrected chi connectivity index (χ3v) is 4.55. The zero-order valence-corrected chi connectivity index (χ0v) is 15.1. The molecule has 138 valence electrons. The van der Waals surface area contributed by atoms with Gasteiger partial charge in [-0.15, -0.1) is 0 Å². The van der Waals surface area contributed by atoms with Crippen molar-refractivity contribution in [3.63, 3.8) is 0 Å². The number of carbonyl (C=O) groups is 2. The van der Waals surface area contributed by atoms with Crippen LogP contribution in [0.4, 0.5) is 0 Å². The highest BCUT2D eigenvalue weighted by atomic mass is 16.3. The van der Waals surface area contributed by atoms with E-state index in [1.165, 1.54) is 4.90 Å². The lowest BCUT2D eigenvalue weighted by molar-refractivity contribution is -0.131. The fourth-order valence-electron chi connectivity index (χ4n) is 3.17. The van der Waals surface area contributed by atoms with Gasteiger partial charge in [0, 0.05) is 32.4 Å². The molecule has 3 rings (SSSR count). The summed E-state index contributed by atoms with van der Waals surface area (Å²) in [6, 6.07) is 9.63. The van der Waals surface area contributed by atoms with Gasteiger partial charge in [0.1, 0.15) is 6.54 Å². The van der Waals surface area contributed by atoms with Crippen molar-refractivity contribution in [3.8, 4) is 0 Å². The highest BCUT2D eigenvalue weighted by molar-refractivity contribution is 5.97. The van der Waals surface area contributed by atoms with E-state index in [2.05, 4.69) is 5.10 Å². The Balaban J connectivity index is 1.75. The van der Waals surface area contributed by atoms with Gasteiger partial charge in [0.15, 0.2) is 0 Å². The Morgan fingerprint density at radius 1 is 1.27 bits per heavy atom. The largest absolute Gasteiger partial charge is 0.389 e. The van der Waals surface area contributed by atoms with E-state index in [1.807, 2.05) is 37.3 Å². The molecule has 1 atom stereocenters. The molecule has 0 saturated carbocycles. The molecule has 1 saturated heterocycles. The summed E-state index contributed by atoms with van der Waals surface area (Å²) in [7, 11) is 0. The maximum Gasteiger partial charge on any atom is 0.257 e. The summed E-state index contributed by atoms with van der Waals surface area (Å²) < 4.78 is 1.69. The Kier molecular flexibility index (Phi) is 5.37. The highest BCUT2D eigenvalue weighted by Gasteiger charge is 2.31. The number of aromatic nitrogens is 2. The van der Waals surface area contributed by atoms with Crippen LogP contribution >= 0.6 is 0 Å². The predicted molar refractivity (Wildman–Crippen MR) is 96.4 cm³/mol. The smallest absolute Gasteiger partial charge is 0.257 e. The van der Waals surface area contributed by atoms with Crippen molar-refractivity contribution < 1.29 is 14.7 Å². The number of nitrogens with zero attached hydrogens (tertiary/aromatic N) is 4. The van der Waals surface area contributed by atoms with Crippen LogP contribution in [0.25, 0.3) is 0 Å². The second-order valence-electron chi connectivity index (χ2n) is 6.58. The number of aryl methyl sites for hydroxylation is 2. The van der Waals surface area contributed by atoms with Gasteiger partial charge >= 0.3 is 0 Å². The van der Waals surface area contributed by atoms with Gasteiger partial charge in [-0.1, -0.05) is 30.3 Å².